The second-order valence-electron chi connectivity index (χ2n) is 5.51. The summed E-state index contributed by atoms with van der Waals surface area (Å²) in [5, 5.41) is 23.1. The average Bonchev–Trinajstić information content (AvgIpc) is 2.62. The fourth-order valence-corrected chi connectivity index (χ4v) is 2.19. The van der Waals surface area contributed by atoms with Gasteiger partial charge in [0.1, 0.15) is 11.9 Å². The van der Waals surface area contributed by atoms with Gasteiger partial charge in [-0.3, -0.25) is 19.7 Å². The highest BCUT2D eigenvalue weighted by Gasteiger charge is 2.23. The Hall–Kier alpha value is -3.33. The molecule has 0 spiro atoms. The number of azide groups is 1. The highest BCUT2D eigenvalue weighted by atomic mass is 16.6. The van der Waals surface area contributed by atoms with Crippen LogP contribution in [0, 0.1) is 10.1 Å². The monoisotopic (exact) mass is 380 g/mol. The number of carbonyl (C=O) groups is 2. The number of carboxylic acids is 1. The number of carboxylic acid groups (broad SMARTS) is 1. The van der Waals surface area contributed by atoms with Gasteiger partial charge in [0.2, 0.25) is 0 Å². The molecule has 11 nitrogen and oxygen atoms in total. The topological polar surface area (TPSA) is 165 Å². The summed E-state index contributed by atoms with van der Waals surface area (Å²) in [6.45, 7) is 1.79. The zero-order valence-electron chi connectivity index (χ0n) is 14.7. The van der Waals surface area contributed by atoms with Gasteiger partial charge in [-0.05, 0) is 37.4 Å². The molecule has 27 heavy (non-hydrogen) atoms. The van der Waals surface area contributed by atoms with E-state index in [1.807, 2.05) is 0 Å². The van der Waals surface area contributed by atoms with Gasteiger partial charge in [-0.1, -0.05) is 5.11 Å². The molecule has 0 heterocycles. The highest BCUT2D eigenvalue weighted by molar-refractivity contribution is 5.70. The molecular formula is C16H20N4O7. The lowest BCUT2D eigenvalue weighted by atomic mass is 10.1. The number of carbonyl (C=O) groups excluding carboxylic acids is 1. The molecule has 0 amide bonds. The predicted octanol–water partition coefficient (Wildman–Crippen LogP) is 3.53. The number of hydrogen-bond acceptors (Lipinski definition) is 7. The first kappa shape index (κ1) is 21.7. The van der Waals surface area contributed by atoms with E-state index in [9.17, 15) is 19.7 Å². The van der Waals surface area contributed by atoms with E-state index in [0.717, 1.165) is 0 Å². The lowest BCUT2D eigenvalue weighted by Crippen LogP contribution is -2.11. The summed E-state index contributed by atoms with van der Waals surface area (Å²) in [4.78, 5) is 35.5. The van der Waals surface area contributed by atoms with Gasteiger partial charge in [-0.15, -0.1) is 0 Å². The zero-order valence-corrected chi connectivity index (χ0v) is 14.7. The van der Waals surface area contributed by atoms with Crippen LogP contribution in [0.2, 0.25) is 0 Å². The minimum absolute atomic E-state index is 0.0164. The van der Waals surface area contributed by atoms with Crippen molar-refractivity contribution in [3.8, 4) is 5.75 Å². The molecule has 1 aromatic carbocycles. The van der Waals surface area contributed by atoms with Gasteiger partial charge in [-0.2, -0.15) is 0 Å². The Morgan fingerprint density at radius 2 is 2.11 bits per heavy atom. The zero-order chi connectivity index (χ0) is 20.2. The van der Waals surface area contributed by atoms with Crippen LogP contribution in [0.1, 0.15) is 44.3 Å². The van der Waals surface area contributed by atoms with E-state index in [4.69, 9.17) is 20.1 Å². The van der Waals surface area contributed by atoms with Gasteiger partial charge in [0, 0.05) is 30.4 Å². The van der Waals surface area contributed by atoms with Crippen molar-refractivity contribution in [3.05, 3.63) is 44.3 Å². The lowest BCUT2D eigenvalue weighted by Gasteiger charge is -2.15. The Bertz CT molecular complexity index is 731. The van der Waals surface area contributed by atoms with Gasteiger partial charge in [0.15, 0.2) is 0 Å². The van der Waals surface area contributed by atoms with Crippen LogP contribution in [0.5, 0.6) is 5.75 Å². The standard InChI is InChI=1S/C16H20N4O7/c1-11(27-16(23)5-2-8-18-19-17)13-10-12(6-7-14(13)20(24)25)26-9-3-4-15(21)22/h6-7,10-11H,2-5,8-9H2,1H3,(H,21,22). The Morgan fingerprint density at radius 1 is 1.37 bits per heavy atom. The number of hydrogen-bond donors (Lipinski definition) is 1. The lowest BCUT2D eigenvalue weighted by molar-refractivity contribution is -0.386. The molecule has 1 unspecified atom stereocenters. The number of rotatable bonds is 12. The average molecular weight is 380 g/mol. The summed E-state index contributed by atoms with van der Waals surface area (Å²) in [7, 11) is 0. The molecule has 0 fully saturated rings. The van der Waals surface area contributed by atoms with Gasteiger partial charge >= 0.3 is 11.9 Å². The van der Waals surface area contributed by atoms with Crippen LogP contribution < -0.4 is 4.74 Å². The number of ether oxygens (including phenoxy) is 2. The van der Waals surface area contributed by atoms with Gasteiger partial charge in [0.05, 0.1) is 17.1 Å². The van der Waals surface area contributed by atoms with Crippen molar-refractivity contribution in [1.29, 1.82) is 0 Å². The Kier molecular flexibility index (Phi) is 9.10. The van der Waals surface area contributed by atoms with Gasteiger partial charge < -0.3 is 14.6 Å². The van der Waals surface area contributed by atoms with Gasteiger partial charge in [0.25, 0.3) is 5.69 Å². The summed E-state index contributed by atoms with van der Waals surface area (Å²) < 4.78 is 10.6. The largest absolute Gasteiger partial charge is 0.494 e. The molecular weight excluding hydrogens is 360 g/mol. The molecule has 0 saturated heterocycles. The molecule has 0 aromatic heterocycles. The maximum atomic E-state index is 11.8. The Morgan fingerprint density at radius 3 is 2.74 bits per heavy atom. The Labute approximate surface area is 154 Å². The first-order chi connectivity index (χ1) is 12.8. The summed E-state index contributed by atoms with van der Waals surface area (Å²) >= 11 is 0. The molecule has 1 rings (SSSR count). The summed E-state index contributed by atoms with van der Waals surface area (Å²) in [5.41, 5.74) is 8.12. The number of esters is 1. The second-order valence-corrected chi connectivity index (χ2v) is 5.51. The minimum Gasteiger partial charge on any atom is -0.494 e. The van der Waals surface area contributed by atoms with Crippen molar-refractivity contribution < 1.29 is 29.1 Å². The quantitative estimate of drug-likeness (QED) is 0.110. The van der Waals surface area contributed by atoms with Crippen molar-refractivity contribution >= 4 is 17.6 Å². The van der Waals surface area contributed by atoms with Crippen LogP contribution in [-0.2, 0) is 14.3 Å². The molecule has 0 radical (unpaired) electrons. The number of nitrogens with zero attached hydrogens (tertiary/aromatic N) is 4. The molecule has 1 aromatic rings. The third-order valence-electron chi connectivity index (χ3n) is 3.45. The van der Waals surface area contributed by atoms with E-state index in [2.05, 4.69) is 10.0 Å². The number of nitro benzene ring substituents is 1. The molecule has 0 saturated carbocycles. The molecule has 0 aliphatic carbocycles. The summed E-state index contributed by atoms with van der Waals surface area (Å²) in [6.07, 6.45) is -0.325. The van der Waals surface area contributed by atoms with Gasteiger partial charge in [-0.25, -0.2) is 0 Å². The first-order valence-electron chi connectivity index (χ1n) is 8.18. The van der Waals surface area contributed by atoms with E-state index in [-0.39, 0.29) is 43.7 Å². The predicted molar refractivity (Wildman–Crippen MR) is 93.2 cm³/mol. The molecule has 11 heteroatoms. The molecule has 1 atom stereocenters. The van der Waals surface area contributed by atoms with E-state index >= 15 is 0 Å². The molecule has 0 aliphatic heterocycles. The van der Waals surface area contributed by atoms with E-state index in [1.54, 1.807) is 0 Å². The van der Waals surface area contributed by atoms with Crippen LogP contribution >= 0.6 is 0 Å². The smallest absolute Gasteiger partial charge is 0.306 e. The van der Waals surface area contributed by atoms with Crippen LogP contribution in [-0.4, -0.2) is 35.1 Å². The maximum absolute atomic E-state index is 11.8. The van der Waals surface area contributed by atoms with Crippen molar-refractivity contribution in [2.24, 2.45) is 5.11 Å². The second kappa shape index (κ2) is 11.3. The van der Waals surface area contributed by atoms with Crippen molar-refractivity contribution in [3.63, 3.8) is 0 Å². The SMILES string of the molecule is CC(OC(=O)CCCN=[N+]=[N-])c1cc(OCCCC(=O)O)ccc1[N+](=O)[O-]. The van der Waals surface area contributed by atoms with Crippen molar-refractivity contribution in [1.82, 2.24) is 0 Å². The summed E-state index contributed by atoms with van der Waals surface area (Å²) in [5.74, 6) is -1.20. The highest BCUT2D eigenvalue weighted by Crippen LogP contribution is 2.31. The summed E-state index contributed by atoms with van der Waals surface area (Å²) in [6, 6.07) is 4.04. The van der Waals surface area contributed by atoms with Crippen LogP contribution in [0.3, 0.4) is 0 Å². The molecule has 0 bridgehead atoms. The number of nitro groups is 1. The van der Waals surface area contributed by atoms with E-state index < -0.39 is 23.0 Å². The van der Waals surface area contributed by atoms with Crippen LogP contribution in [0.4, 0.5) is 5.69 Å². The van der Waals surface area contributed by atoms with Crippen LogP contribution in [0.15, 0.2) is 23.3 Å². The van der Waals surface area contributed by atoms with Crippen molar-refractivity contribution in [2.75, 3.05) is 13.2 Å². The number of benzene rings is 1. The minimum atomic E-state index is -0.941. The fourth-order valence-electron chi connectivity index (χ4n) is 2.19. The van der Waals surface area contributed by atoms with Crippen molar-refractivity contribution in [2.45, 2.75) is 38.7 Å². The maximum Gasteiger partial charge on any atom is 0.306 e. The molecule has 146 valence electrons. The third kappa shape index (κ3) is 8.06. The number of aliphatic carboxylic acids is 1. The van der Waals surface area contributed by atoms with E-state index in [0.29, 0.717) is 12.2 Å². The third-order valence-corrected chi connectivity index (χ3v) is 3.45. The van der Waals surface area contributed by atoms with Crippen LogP contribution in [0.25, 0.3) is 10.4 Å². The Balaban J connectivity index is 2.77. The normalized spacial score (nSPS) is 11.1. The fraction of sp³-hybridized carbons (Fsp3) is 0.500. The first-order valence-corrected chi connectivity index (χ1v) is 8.18. The molecule has 0 aliphatic rings. The van der Waals surface area contributed by atoms with E-state index in [1.165, 1.54) is 25.1 Å². The molecule has 1 N–H and O–H groups in total.